The SMILES string of the molecule is O=C(NC1C2CC3CC(C2)CC1C3)N1CCC2(CC1)OCCCO2. The first-order chi connectivity index (χ1) is 11.7. The van der Waals surface area contributed by atoms with Crippen LogP contribution in [0.2, 0.25) is 0 Å². The molecule has 1 spiro atoms. The summed E-state index contributed by atoms with van der Waals surface area (Å²) in [6.07, 6.45) is 9.46. The van der Waals surface area contributed by atoms with Crippen molar-refractivity contribution >= 4 is 6.03 Å². The molecule has 24 heavy (non-hydrogen) atoms. The summed E-state index contributed by atoms with van der Waals surface area (Å²) in [7, 11) is 0. The number of piperidine rings is 1. The van der Waals surface area contributed by atoms with Crippen LogP contribution in [-0.4, -0.2) is 49.1 Å². The molecular formula is C19H30N2O3. The van der Waals surface area contributed by atoms with Crippen molar-refractivity contribution in [3.63, 3.8) is 0 Å². The van der Waals surface area contributed by atoms with Gasteiger partial charge in [0.05, 0.1) is 13.2 Å². The lowest BCUT2D eigenvalue weighted by atomic mass is 9.54. The van der Waals surface area contributed by atoms with Crippen LogP contribution < -0.4 is 5.32 Å². The second kappa shape index (κ2) is 5.87. The predicted molar refractivity (Wildman–Crippen MR) is 89.4 cm³/mol. The van der Waals surface area contributed by atoms with Gasteiger partial charge in [0.2, 0.25) is 0 Å². The van der Waals surface area contributed by atoms with E-state index in [-0.39, 0.29) is 6.03 Å². The molecule has 4 aliphatic carbocycles. The third-order valence-corrected chi connectivity index (χ3v) is 7.35. The van der Waals surface area contributed by atoms with Crippen molar-refractivity contribution in [3.8, 4) is 0 Å². The first-order valence-corrected chi connectivity index (χ1v) is 10.0. The molecule has 1 N–H and O–H groups in total. The fourth-order valence-corrected chi connectivity index (χ4v) is 6.35. The Morgan fingerprint density at radius 2 is 1.50 bits per heavy atom. The molecule has 2 aliphatic heterocycles. The van der Waals surface area contributed by atoms with Gasteiger partial charge in [-0.15, -0.1) is 0 Å². The zero-order valence-electron chi connectivity index (χ0n) is 14.5. The van der Waals surface area contributed by atoms with Crippen molar-refractivity contribution < 1.29 is 14.3 Å². The topological polar surface area (TPSA) is 50.8 Å². The van der Waals surface area contributed by atoms with Gasteiger partial charge in [-0.2, -0.15) is 0 Å². The first-order valence-electron chi connectivity index (χ1n) is 10.0. The summed E-state index contributed by atoms with van der Waals surface area (Å²) in [5, 5.41) is 3.43. The Kier molecular flexibility index (Phi) is 3.78. The average Bonchev–Trinajstić information content (AvgIpc) is 2.59. The van der Waals surface area contributed by atoms with E-state index >= 15 is 0 Å². The molecule has 0 unspecified atom stereocenters. The van der Waals surface area contributed by atoms with Gasteiger partial charge >= 0.3 is 6.03 Å². The van der Waals surface area contributed by atoms with Crippen LogP contribution in [0.1, 0.15) is 51.4 Å². The minimum absolute atomic E-state index is 0.151. The summed E-state index contributed by atoms with van der Waals surface area (Å²) >= 11 is 0. The van der Waals surface area contributed by atoms with Crippen molar-refractivity contribution in [3.05, 3.63) is 0 Å². The Morgan fingerprint density at radius 3 is 2.08 bits per heavy atom. The van der Waals surface area contributed by atoms with Crippen molar-refractivity contribution in [2.75, 3.05) is 26.3 Å². The van der Waals surface area contributed by atoms with Crippen LogP contribution in [0, 0.1) is 23.7 Å². The Labute approximate surface area is 144 Å². The lowest BCUT2D eigenvalue weighted by Crippen LogP contribution is -2.59. The van der Waals surface area contributed by atoms with E-state index in [0.29, 0.717) is 6.04 Å². The molecule has 0 aromatic heterocycles. The Bertz CT molecular complexity index is 465. The van der Waals surface area contributed by atoms with Gasteiger partial charge in [0.25, 0.3) is 0 Å². The second-order valence-corrected chi connectivity index (χ2v) is 8.85. The van der Waals surface area contributed by atoms with Crippen LogP contribution in [-0.2, 0) is 9.47 Å². The number of carbonyl (C=O) groups excluding carboxylic acids is 1. The summed E-state index contributed by atoms with van der Waals surface area (Å²) in [6, 6.07) is 0.585. The van der Waals surface area contributed by atoms with E-state index in [2.05, 4.69) is 5.32 Å². The second-order valence-electron chi connectivity index (χ2n) is 8.85. The first kappa shape index (κ1) is 15.4. The molecule has 5 heteroatoms. The van der Waals surface area contributed by atoms with Gasteiger partial charge in [-0.25, -0.2) is 4.79 Å². The molecule has 0 aromatic rings. The molecule has 0 aromatic carbocycles. The molecule has 2 saturated heterocycles. The van der Waals surface area contributed by atoms with E-state index in [4.69, 9.17) is 9.47 Å². The molecular weight excluding hydrogens is 304 g/mol. The van der Waals surface area contributed by atoms with Gasteiger partial charge in [0.1, 0.15) is 0 Å². The number of rotatable bonds is 1. The van der Waals surface area contributed by atoms with Crippen LogP contribution in [0.4, 0.5) is 4.79 Å². The fourth-order valence-electron chi connectivity index (χ4n) is 6.35. The van der Waals surface area contributed by atoms with Gasteiger partial charge in [0, 0.05) is 32.0 Å². The number of ether oxygens (including phenoxy) is 2. The molecule has 6 rings (SSSR count). The van der Waals surface area contributed by atoms with Crippen molar-refractivity contribution in [2.45, 2.75) is 63.2 Å². The summed E-state index contributed by atoms with van der Waals surface area (Å²) in [5.74, 6) is 2.99. The number of nitrogens with zero attached hydrogens (tertiary/aromatic N) is 1. The molecule has 0 atom stereocenters. The third kappa shape index (κ3) is 2.64. The Hall–Kier alpha value is -0.810. The Morgan fingerprint density at radius 1 is 0.917 bits per heavy atom. The summed E-state index contributed by atoms with van der Waals surface area (Å²) in [6.45, 7) is 3.08. The maximum absolute atomic E-state index is 12.8. The normalized spacial score (nSPS) is 43.2. The van der Waals surface area contributed by atoms with Crippen LogP contribution in [0.3, 0.4) is 0 Å². The highest BCUT2D eigenvalue weighted by Gasteiger charge is 2.49. The molecule has 2 amide bonds. The predicted octanol–water partition coefficient (Wildman–Crippen LogP) is 2.75. The number of hydrogen-bond acceptors (Lipinski definition) is 3. The molecule has 6 fully saturated rings. The van der Waals surface area contributed by atoms with E-state index in [1.165, 1.54) is 32.1 Å². The highest BCUT2D eigenvalue weighted by atomic mass is 16.7. The molecule has 5 nitrogen and oxygen atoms in total. The van der Waals surface area contributed by atoms with Crippen LogP contribution in [0.15, 0.2) is 0 Å². The smallest absolute Gasteiger partial charge is 0.317 e. The van der Waals surface area contributed by atoms with Gasteiger partial charge in [-0.3, -0.25) is 0 Å². The fraction of sp³-hybridized carbons (Fsp3) is 0.947. The summed E-state index contributed by atoms with van der Waals surface area (Å²) < 4.78 is 11.8. The van der Waals surface area contributed by atoms with Crippen LogP contribution in [0.5, 0.6) is 0 Å². The van der Waals surface area contributed by atoms with Gasteiger partial charge in [-0.1, -0.05) is 0 Å². The zero-order valence-corrected chi connectivity index (χ0v) is 14.5. The van der Waals surface area contributed by atoms with E-state index in [1.54, 1.807) is 0 Å². The maximum atomic E-state index is 12.8. The number of hydrogen-bond donors (Lipinski definition) is 1. The largest absolute Gasteiger partial charge is 0.350 e. The monoisotopic (exact) mass is 334 g/mol. The average molecular weight is 334 g/mol. The van der Waals surface area contributed by atoms with Crippen molar-refractivity contribution in [1.29, 1.82) is 0 Å². The van der Waals surface area contributed by atoms with E-state index < -0.39 is 5.79 Å². The number of amides is 2. The van der Waals surface area contributed by atoms with Crippen molar-refractivity contribution in [1.82, 2.24) is 10.2 Å². The van der Waals surface area contributed by atoms with Gasteiger partial charge in [-0.05, 0) is 62.2 Å². The van der Waals surface area contributed by atoms with Crippen LogP contribution >= 0.6 is 0 Å². The standard InChI is InChI=1S/C19H30N2O3/c22-18(21-4-2-19(3-5-21)23-6-1-7-24-19)20-17-15-9-13-8-14(11-15)12-16(17)10-13/h13-17H,1-12H2,(H,20,22). The quantitative estimate of drug-likeness (QED) is 0.802. The maximum Gasteiger partial charge on any atom is 0.317 e. The van der Waals surface area contributed by atoms with Crippen molar-refractivity contribution in [2.24, 2.45) is 23.7 Å². The van der Waals surface area contributed by atoms with Crippen LogP contribution in [0.25, 0.3) is 0 Å². The summed E-state index contributed by atoms with van der Waals surface area (Å²) in [4.78, 5) is 14.8. The number of carbonyl (C=O) groups is 1. The number of nitrogens with one attached hydrogen (secondary N) is 1. The minimum atomic E-state index is -0.405. The number of likely N-dealkylation sites (tertiary alicyclic amines) is 1. The summed E-state index contributed by atoms with van der Waals surface area (Å²) in [5.41, 5.74) is 0. The molecule has 4 saturated carbocycles. The van der Waals surface area contributed by atoms with E-state index in [1.807, 2.05) is 4.90 Å². The molecule has 4 bridgehead atoms. The van der Waals surface area contributed by atoms with E-state index in [0.717, 1.165) is 69.2 Å². The number of urea groups is 1. The zero-order chi connectivity index (χ0) is 16.1. The minimum Gasteiger partial charge on any atom is -0.350 e. The molecule has 2 heterocycles. The highest BCUT2D eigenvalue weighted by Crippen LogP contribution is 2.53. The Balaban J connectivity index is 1.18. The highest BCUT2D eigenvalue weighted by molar-refractivity contribution is 5.74. The van der Waals surface area contributed by atoms with E-state index in [9.17, 15) is 4.79 Å². The molecule has 6 aliphatic rings. The molecule has 134 valence electrons. The third-order valence-electron chi connectivity index (χ3n) is 7.35. The van der Waals surface area contributed by atoms with Gasteiger partial charge < -0.3 is 19.7 Å². The molecule has 0 radical (unpaired) electrons. The lowest BCUT2D eigenvalue weighted by molar-refractivity contribution is -0.281. The lowest BCUT2D eigenvalue weighted by Gasteiger charge is -2.54. The van der Waals surface area contributed by atoms with Gasteiger partial charge in [0.15, 0.2) is 5.79 Å².